The van der Waals surface area contributed by atoms with Crippen LogP contribution >= 0.6 is 0 Å². The first-order valence-corrected chi connectivity index (χ1v) is 17.5. The van der Waals surface area contributed by atoms with Crippen LogP contribution in [0.3, 0.4) is 0 Å². The standard InChI is InChI=1S/C48H29NO3/c1-3-12-31(13-4-1)49(32-14-5-2-6-15-32)33-25-27-42-40(29-33)47-36(18-11-23-44(47)51-42)38-20-9-19-37-35-26-24-30(28-45(35)52-48(37)38)34-17-10-22-43-46(34)39-16-7-8-21-41(39)50-43/h1-29H. The number of hydrogen-bond donors (Lipinski definition) is 0. The molecule has 4 nitrogen and oxygen atoms in total. The molecule has 0 fully saturated rings. The van der Waals surface area contributed by atoms with Gasteiger partial charge in [-0.15, -0.1) is 0 Å². The molecule has 3 aromatic heterocycles. The molecule has 0 bridgehead atoms. The lowest BCUT2D eigenvalue weighted by atomic mass is 9.96. The molecule has 244 valence electrons. The smallest absolute Gasteiger partial charge is 0.143 e. The van der Waals surface area contributed by atoms with Gasteiger partial charge in [-0.1, -0.05) is 103 Å². The minimum atomic E-state index is 0.839. The van der Waals surface area contributed by atoms with Crippen LogP contribution in [0.25, 0.3) is 88.1 Å². The molecule has 0 radical (unpaired) electrons. The number of fused-ring (bicyclic) bond motifs is 9. The number of nitrogens with zero attached hydrogens (tertiary/aromatic N) is 1. The Balaban J connectivity index is 1.09. The Morgan fingerprint density at radius 1 is 0.308 bits per heavy atom. The predicted molar refractivity (Wildman–Crippen MR) is 214 cm³/mol. The Bertz CT molecular complexity index is 3090. The quantitative estimate of drug-likeness (QED) is 0.183. The van der Waals surface area contributed by atoms with E-state index >= 15 is 0 Å². The van der Waals surface area contributed by atoms with Crippen molar-refractivity contribution in [2.75, 3.05) is 4.90 Å². The molecule has 0 N–H and O–H groups in total. The van der Waals surface area contributed by atoms with Crippen molar-refractivity contribution >= 4 is 82.9 Å². The normalized spacial score (nSPS) is 11.8. The second-order valence-electron chi connectivity index (χ2n) is 13.2. The van der Waals surface area contributed by atoms with Gasteiger partial charge >= 0.3 is 0 Å². The fraction of sp³-hybridized carbons (Fsp3) is 0. The third-order valence-electron chi connectivity index (χ3n) is 10.3. The highest BCUT2D eigenvalue weighted by molar-refractivity contribution is 6.18. The van der Waals surface area contributed by atoms with Crippen LogP contribution in [0.5, 0.6) is 0 Å². The van der Waals surface area contributed by atoms with Gasteiger partial charge in [0.15, 0.2) is 0 Å². The molecule has 0 spiro atoms. The Kier molecular flexibility index (Phi) is 6.22. The highest BCUT2D eigenvalue weighted by Crippen LogP contribution is 2.45. The van der Waals surface area contributed by atoms with E-state index in [-0.39, 0.29) is 0 Å². The van der Waals surface area contributed by atoms with Gasteiger partial charge < -0.3 is 18.2 Å². The maximum absolute atomic E-state index is 6.83. The van der Waals surface area contributed by atoms with Crippen molar-refractivity contribution in [3.63, 3.8) is 0 Å². The van der Waals surface area contributed by atoms with Gasteiger partial charge in [-0.25, -0.2) is 0 Å². The summed E-state index contributed by atoms with van der Waals surface area (Å²) in [5.41, 5.74) is 12.7. The average Bonchev–Trinajstić information content (AvgIpc) is 3.89. The summed E-state index contributed by atoms with van der Waals surface area (Å²) in [6, 6.07) is 61.2. The summed E-state index contributed by atoms with van der Waals surface area (Å²) in [5.74, 6) is 0. The first kappa shape index (κ1) is 28.8. The monoisotopic (exact) mass is 667 g/mol. The number of rotatable bonds is 5. The lowest BCUT2D eigenvalue weighted by molar-refractivity contribution is 0.668. The zero-order valence-corrected chi connectivity index (χ0v) is 27.9. The van der Waals surface area contributed by atoms with E-state index in [1.807, 2.05) is 30.3 Å². The molecule has 0 aliphatic rings. The highest BCUT2D eigenvalue weighted by atomic mass is 16.3. The summed E-state index contributed by atoms with van der Waals surface area (Å²) in [6.07, 6.45) is 0. The van der Waals surface area contributed by atoms with E-state index in [0.717, 1.165) is 105 Å². The Morgan fingerprint density at radius 2 is 0.904 bits per heavy atom. The van der Waals surface area contributed by atoms with Crippen molar-refractivity contribution in [1.29, 1.82) is 0 Å². The van der Waals surface area contributed by atoms with E-state index in [1.165, 1.54) is 0 Å². The Morgan fingerprint density at radius 3 is 1.67 bits per heavy atom. The van der Waals surface area contributed by atoms with Crippen molar-refractivity contribution in [2.24, 2.45) is 0 Å². The zero-order valence-electron chi connectivity index (χ0n) is 27.9. The lowest BCUT2D eigenvalue weighted by Crippen LogP contribution is -2.09. The van der Waals surface area contributed by atoms with E-state index in [9.17, 15) is 0 Å². The van der Waals surface area contributed by atoms with Crippen LogP contribution < -0.4 is 4.90 Å². The molecule has 4 heteroatoms. The molecule has 0 amide bonds. The molecule has 0 saturated heterocycles. The molecule has 0 atom stereocenters. The fourth-order valence-corrected chi connectivity index (χ4v) is 7.97. The van der Waals surface area contributed by atoms with Crippen LogP contribution in [-0.2, 0) is 0 Å². The van der Waals surface area contributed by atoms with E-state index in [0.29, 0.717) is 0 Å². The van der Waals surface area contributed by atoms with Crippen LogP contribution in [-0.4, -0.2) is 0 Å². The van der Waals surface area contributed by atoms with Crippen molar-refractivity contribution < 1.29 is 13.3 Å². The van der Waals surface area contributed by atoms with Gasteiger partial charge in [0.2, 0.25) is 0 Å². The molecule has 11 aromatic rings. The molecule has 3 heterocycles. The fourth-order valence-electron chi connectivity index (χ4n) is 7.97. The zero-order chi connectivity index (χ0) is 34.2. The van der Waals surface area contributed by atoms with Crippen LogP contribution in [0.2, 0.25) is 0 Å². The molecular formula is C48H29NO3. The molecule has 0 saturated carbocycles. The van der Waals surface area contributed by atoms with Gasteiger partial charge in [0.25, 0.3) is 0 Å². The number of anilines is 3. The molecule has 8 aromatic carbocycles. The first-order valence-electron chi connectivity index (χ1n) is 17.5. The van der Waals surface area contributed by atoms with E-state index in [2.05, 4.69) is 150 Å². The van der Waals surface area contributed by atoms with E-state index in [4.69, 9.17) is 13.3 Å². The third kappa shape index (κ3) is 4.34. The van der Waals surface area contributed by atoms with Gasteiger partial charge in [0.1, 0.15) is 33.5 Å². The molecule has 0 aliphatic heterocycles. The SMILES string of the molecule is c1ccc(N(c2ccccc2)c2ccc3oc4cccc(-c5cccc6c5oc5cc(-c7cccc8oc9ccccc9c78)ccc56)c4c3c2)cc1. The van der Waals surface area contributed by atoms with Crippen molar-refractivity contribution in [2.45, 2.75) is 0 Å². The number of furan rings is 3. The average molecular weight is 668 g/mol. The second kappa shape index (κ2) is 11.2. The number of para-hydroxylation sites is 4. The lowest BCUT2D eigenvalue weighted by Gasteiger charge is -2.25. The molecule has 52 heavy (non-hydrogen) atoms. The van der Waals surface area contributed by atoms with Gasteiger partial charge in [0, 0.05) is 54.9 Å². The molecule has 0 unspecified atom stereocenters. The Labute approximate surface area is 298 Å². The van der Waals surface area contributed by atoms with Gasteiger partial charge in [-0.3, -0.25) is 0 Å². The molecule has 11 rings (SSSR count). The number of benzene rings is 8. The molecular weight excluding hydrogens is 639 g/mol. The van der Waals surface area contributed by atoms with Gasteiger partial charge in [-0.2, -0.15) is 0 Å². The maximum atomic E-state index is 6.83. The van der Waals surface area contributed by atoms with Crippen molar-refractivity contribution in [3.8, 4) is 22.3 Å². The Hall–Kier alpha value is -7.04. The minimum absolute atomic E-state index is 0.839. The van der Waals surface area contributed by atoms with Gasteiger partial charge in [0.05, 0.1) is 0 Å². The van der Waals surface area contributed by atoms with E-state index < -0.39 is 0 Å². The summed E-state index contributed by atoms with van der Waals surface area (Å²) in [5, 5.41) is 6.50. The summed E-state index contributed by atoms with van der Waals surface area (Å²) in [4.78, 5) is 2.28. The first-order chi connectivity index (χ1) is 25.8. The van der Waals surface area contributed by atoms with E-state index in [1.54, 1.807) is 0 Å². The third-order valence-corrected chi connectivity index (χ3v) is 10.3. The van der Waals surface area contributed by atoms with Crippen molar-refractivity contribution in [3.05, 3.63) is 176 Å². The van der Waals surface area contributed by atoms with Gasteiger partial charge in [-0.05, 0) is 89.5 Å². The molecule has 0 aliphatic carbocycles. The van der Waals surface area contributed by atoms with Crippen molar-refractivity contribution in [1.82, 2.24) is 0 Å². The highest BCUT2D eigenvalue weighted by Gasteiger charge is 2.20. The van der Waals surface area contributed by atoms with Crippen LogP contribution in [0, 0.1) is 0 Å². The number of hydrogen-bond acceptors (Lipinski definition) is 4. The predicted octanol–water partition coefficient (Wildman–Crippen LogP) is 14.2. The van der Waals surface area contributed by atoms with Crippen LogP contribution in [0.15, 0.2) is 189 Å². The summed E-state index contributed by atoms with van der Waals surface area (Å²) >= 11 is 0. The summed E-state index contributed by atoms with van der Waals surface area (Å²) < 4.78 is 19.5. The van der Waals surface area contributed by atoms with Crippen LogP contribution in [0.4, 0.5) is 17.1 Å². The largest absolute Gasteiger partial charge is 0.456 e. The second-order valence-corrected chi connectivity index (χ2v) is 13.2. The summed E-state index contributed by atoms with van der Waals surface area (Å²) in [6.45, 7) is 0. The topological polar surface area (TPSA) is 42.7 Å². The summed E-state index contributed by atoms with van der Waals surface area (Å²) in [7, 11) is 0. The maximum Gasteiger partial charge on any atom is 0.143 e. The minimum Gasteiger partial charge on any atom is -0.456 e. The van der Waals surface area contributed by atoms with Crippen LogP contribution in [0.1, 0.15) is 0 Å².